The molecule has 0 radical (unpaired) electrons. The van der Waals surface area contributed by atoms with Crippen LogP contribution in [0.3, 0.4) is 0 Å². The zero-order valence-electron chi connectivity index (χ0n) is 7.25. The van der Waals surface area contributed by atoms with Gasteiger partial charge in [0, 0.05) is 6.16 Å². The van der Waals surface area contributed by atoms with Crippen molar-refractivity contribution in [1.82, 2.24) is 0 Å². The van der Waals surface area contributed by atoms with Gasteiger partial charge in [0.25, 0.3) is 0 Å². The van der Waals surface area contributed by atoms with Crippen LogP contribution in [0.2, 0.25) is 0 Å². The highest BCUT2D eigenvalue weighted by atomic mass is 31.2. The fourth-order valence-corrected chi connectivity index (χ4v) is 1.97. The highest BCUT2D eigenvalue weighted by Crippen LogP contribution is 2.42. The lowest BCUT2D eigenvalue weighted by molar-refractivity contribution is 0.259. The van der Waals surface area contributed by atoms with Crippen molar-refractivity contribution >= 4 is 7.60 Å². The fraction of sp³-hybridized carbons (Fsp3) is 1.00. The van der Waals surface area contributed by atoms with Crippen LogP contribution in [0.1, 0.15) is 33.1 Å². The van der Waals surface area contributed by atoms with E-state index in [1.165, 1.54) is 0 Å². The van der Waals surface area contributed by atoms with Crippen LogP contribution in [-0.4, -0.2) is 17.7 Å². The summed E-state index contributed by atoms with van der Waals surface area (Å²) >= 11 is 0. The molecule has 0 bridgehead atoms. The van der Waals surface area contributed by atoms with Crippen molar-refractivity contribution in [3.05, 3.63) is 0 Å². The van der Waals surface area contributed by atoms with Crippen LogP contribution in [0.4, 0.5) is 0 Å². The Morgan fingerprint density at radius 2 is 2.00 bits per heavy atom. The molecule has 3 nitrogen and oxygen atoms in total. The summed E-state index contributed by atoms with van der Waals surface area (Å²) in [5.41, 5.74) is 0. The summed E-state index contributed by atoms with van der Waals surface area (Å²) < 4.78 is 15.9. The predicted molar refractivity (Wildman–Crippen MR) is 45.8 cm³/mol. The number of rotatable bonds is 6. The minimum atomic E-state index is -3.23. The molecule has 0 saturated carbocycles. The third-order valence-electron chi connectivity index (χ3n) is 1.29. The van der Waals surface area contributed by atoms with Crippen LogP contribution >= 0.6 is 7.60 Å². The van der Waals surface area contributed by atoms with E-state index in [4.69, 9.17) is 9.42 Å². The molecule has 0 aliphatic carbocycles. The number of hydrogen-bond donors (Lipinski definition) is 1. The summed E-state index contributed by atoms with van der Waals surface area (Å²) in [6.45, 7) is 4.29. The summed E-state index contributed by atoms with van der Waals surface area (Å²) in [6.07, 6.45) is 2.78. The molecule has 68 valence electrons. The first-order valence-electron chi connectivity index (χ1n) is 4.08. The second-order valence-electron chi connectivity index (χ2n) is 2.55. The van der Waals surface area contributed by atoms with Crippen LogP contribution in [-0.2, 0) is 9.09 Å². The molecule has 4 heteroatoms. The van der Waals surface area contributed by atoms with Crippen LogP contribution in [0.25, 0.3) is 0 Å². The standard InChI is InChI=1S/C7H17O3P/c1-3-5-7-11(8,9)10-6-4-2/h3-7H2,1-2H3,(H,8,9). The van der Waals surface area contributed by atoms with E-state index in [2.05, 4.69) is 0 Å². The third-order valence-corrected chi connectivity index (χ3v) is 2.76. The third kappa shape index (κ3) is 6.54. The first kappa shape index (κ1) is 11.2. The van der Waals surface area contributed by atoms with Crippen LogP contribution in [0, 0.1) is 0 Å². The maximum atomic E-state index is 11.1. The molecule has 0 heterocycles. The average Bonchev–Trinajstić information content (AvgIpc) is 1.97. The average molecular weight is 180 g/mol. The van der Waals surface area contributed by atoms with Gasteiger partial charge in [0.05, 0.1) is 6.61 Å². The Kier molecular flexibility index (Phi) is 5.83. The Morgan fingerprint density at radius 1 is 1.36 bits per heavy atom. The van der Waals surface area contributed by atoms with Crippen molar-refractivity contribution in [2.45, 2.75) is 33.1 Å². The van der Waals surface area contributed by atoms with E-state index in [-0.39, 0.29) is 0 Å². The molecule has 0 saturated heterocycles. The van der Waals surface area contributed by atoms with E-state index in [0.717, 1.165) is 19.3 Å². The molecule has 11 heavy (non-hydrogen) atoms. The summed E-state index contributed by atoms with van der Waals surface area (Å²) in [5.74, 6) is 0. The Balaban J connectivity index is 3.53. The molecule has 0 fully saturated rings. The van der Waals surface area contributed by atoms with Gasteiger partial charge in [-0.15, -0.1) is 0 Å². The molecular formula is C7H17O3P. The van der Waals surface area contributed by atoms with Crippen molar-refractivity contribution in [3.63, 3.8) is 0 Å². The van der Waals surface area contributed by atoms with Crippen LogP contribution in [0.5, 0.6) is 0 Å². The molecule has 0 aromatic rings. The SMILES string of the molecule is CCCCP(=O)(O)OCCC. The van der Waals surface area contributed by atoms with E-state index in [9.17, 15) is 4.57 Å². The molecule has 1 unspecified atom stereocenters. The highest BCUT2D eigenvalue weighted by Gasteiger charge is 2.16. The molecule has 0 aliphatic rings. The second kappa shape index (κ2) is 5.76. The molecule has 1 N–H and O–H groups in total. The highest BCUT2D eigenvalue weighted by molar-refractivity contribution is 7.52. The van der Waals surface area contributed by atoms with Gasteiger partial charge in [-0.05, 0) is 12.8 Å². The topological polar surface area (TPSA) is 46.5 Å². The van der Waals surface area contributed by atoms with E-state index < -0.39 is 7.60 Å². The van der Waals surface area contributed by atoms with Gasteiger partial charge in [0.2, 0.25) is 0 Å². The van der Waals surface area contributed by atoms with Gasteiger partial charge < -0.3 is 9.42 Å². The van der Waals surface area contributed by atoms with Crippen LogP contribution in [0.15, 0.2) is 0 Å². The molecule has 1 atom stereocenters. The van der Waals surface area contributed by atoms with Gasteiger partial charge in [0.15, 0.2) is 0 Å². The monoisotopic (exact) mass is 180 g/mol. The summed E-state index contributed by atoms with van der Waals surface area (Å²) in [5, 5.41) is 0. The maximum Gasteiger partial charge on any atom is 0.328 e. The first-order valence-corrected chi connectivity index (χ1v) is 5.85. The molecule has 0 rings (SSSR count). The van der Waals surface area contributed by atoms with Gasteiger partial charge in [-0.1, -0.05) is 20.3 Å². The first-order chi connectivity index (χ1) is 5.12. The summed E-state index contributed by atoms with van der Waals surface area (Å²) in [7, 11) is -3.23. The molecule has 0 aliphatic heterocycles. The predicted octanol–water partition coefficient (Wildman–Crippen LogP) is 2.40. The Hall–Kier alpha value is 0.150. The zero-order valence-corrected chi connectivity index (χ0v) is 8.14. The number of hydrogen-bond acceptors (Lipinski definition) is 2. The van der Waals surface area contributed by atoms with E-state index in [1.54, 1.807) is 0 Å². The minimum absolute atomic E-state index is 0.295. The van der Waals surface area contributed by atoms with Crippen LogP contribution < -0.4 is 0 Å². The molecular weight excluding hydrogens is 163 g/mol. The minimum Gasteiger partial charge on any atom is -0.324 e. The lowest BCUT2D eigenvalue weighted by atomic mass is 10.4. The largest absolute Gasteiger partial charge is 0.328 e. The van der Waals surface area contributed by atoms with Crippen molar-refractivity contribution in [1.29, 1.82) is 0 Å². The summed E-state index contributed by atoms with van der Waals surface area (Å²) in [4.78, 5) is 9.11. The van der Waals surface area contributed by atoms with Gasteiger partial charge in [-0.25, -0.2) is 0 Å². The van der Waals surface area contributed by atoms with Gasteiger partial charge in [-0.3, -0.25) is 4.57 Å². The Labute approximate surface area is 68.3 Å². The lowest BCUT2D eigenvalue weighted by Crippen LogP contribution is -1.95. The maximum absolute atomic E-state index is 11.1. The fourth-order valence-electron chi connectivity index (χ4n) is 0.656. The van der Waals surface area contributed by atoms with E-state index >= 15 is 0 Å². The van der Waals surface area contributed by atoms with E-state index in [1.807, 2.05) is 13.8 Å². The second-order valence-corrected chi connectivity index (χ2v) is 4.53. The van der Waals surface area contributed by atoms with Crippen molar-refractivity contribution < 1.29 is 14.0 Å². The van der Waals surface area contributed by atoms with Gasteiger partial charge in [-0.2, -0.15) is 0 Å². The Morgan fingerprint density at radius 3 is 2.45 bits per heavy atom. The van der Waals surface area contributed by atoms with Crippen molar-refractivity contribution in [3.8, 4) is 0 Å². The van der Waals surface area contributed by atoms with Crippen molar-refractivity contribution in [2.75, 3.05) is 12.8 Å². The number of unbranched alkanes of at least 4 members (excludes halogenated alkanes) is 1. The quantitative estimate of drug-likeness (QED) is 0.638. The molecule has 0 aromatic carbocycles. The van der Waals surface area contributed by atoms with E-state index in [0.29, 0.717) is 12.8 Å². The Bertz CT molecular complexity index is 124. The normalized spacial score (nSPS) is 16.3. The van der Waals surface area contributed by atoms with Gasteiger partial charge >= 0.3 is 7.60 Å². The molecule has 0 aromatic heterocycles. The molecule has 0 amide bonds. The van der Waals surface area contributed by atoms with Crippen molar-refractivity contribution in [2.24, 2.45) is 0 Å². The smallest absolute Gasteiger partial charge is 0.324 e. The summed E-state index contributed by atoms with van der Waals surface area (Å²) in [6, 6.07) is 0. The molecule has 0 spiro atoms. The van der Waals surface area contributed by atoms with Gasteiger partial charge in [0.1, 0.15) is 0 Å². The lowest BCUT2D eigenvalue weighted by Gasteiger charge is -2.09. The zero-order chi connectivity index (χ0) is 8.74.